The largest absolute Gasteiger partial charge is 0.293 e. The number of pyridine rings is 1. The lowest BCUT2D eigenvalue weighted by molar-refractivity contribution is 0.102. The van der Waals surface area contributed by atoms with Crippen molar-refractivity contribution in [3.63, 3.8) is 0 Å². The third-order valence-corrected chi connectivity index (χ3v) is 8.12. The molecule has 6 heteroatoms. The zero-order valence-electron chi connectivity index (χ0n) is 17.2. The fourth-order valence-electron chi connectivity index (χ4n) is 4.46. The third kappa shape index (κ3) is 3.31. The molecule has 0 atom stereocenters. The molecule has 32 heavy (non-hydrogen) atoms. The van der Waals surface area contributed by atoms with E-state index in [0.29, 0.717) is 5.75 Å². The molecule has 3 aromatic heterocycles. The second-order valence-corrected chi connectivity index (χ2v) is 9.82. The van der Waals surface area contributed by atoms with Gasteiger partial charge in [0.05, 0.1) is 21.7 Å². The Balaban J connectivity index is 1.45. The summed E-state index contributed by atoms with van der Waals surface area (Å²) in [6.07, 6.45) is 4.87. The summed E-state index contributed by atoms with van der Waals surface area (Å²) in [5.41, 5.74) is 6.71. The summed E-state index contributed by atoms with van der Waals surface area (Å²) in [6.45, 7) is 0. The second-order valence-electron chi connectivity index (χ2n) is 7.85. The van der Waals surface area contributed by atoms with Gasteiger partial charge in [-0.15, -0.1) is 11.3 Å². The van der Waals surface area contributed by atoms with Crippen LogP contribution in [0.3, 0.4) is 0 Å². The Kier molecular flexibility index (Phi) is 4.97. The van der Waals surface area contributed by atoms with Crippen molar-refractivity contribution >= 4 is 49.3 Å². The molecular weight excluding hydrogens is 434 g/mol. The molecule has 3 heterocycles. The molecule has 1 aliphatic rings. The highest BCUT2D eigenvalue weighted by molar-refractivity contribution is 8.00. The summed E-state index contributed by atoms with van der Waals surface area (Å²) in [5, 5.41) is 2.03. The van der Waals surface area contributed by atoms with Crippen LogP contribution in [0.25, 0.3) is 31.7 Å². The van der Waals surface area contributed by atoms with Crippen molar-refractivity contribution in [2.24, 2.45) is 0 Å². The molecule has 4 nitrogen and oxygen atoms in total. The average Bonchev–Trinajstić information content (AvgIpc) is 3.48. The van der Waals surface area contributed by atoms with E-state index in [1.54, 1.807) is 17.7 Å². The summed E-state index contributed by atoms with van der Waals surface area (Å²) in [6, 6.07) is 19.9. The molecule has 2 aromatic carbocycles. The molecule has 0 saturated carbocycles. The van der Waals surface area contributed by atoms with Gasteiger partial charge in [0, 0.05) is 16.5 Å². The molecule has 0 spiro atoms. The highest BCUT2D eigenvalue weighted by Gasteiger charge is 2.25. The Labute approximate surface area is 193 Å². The molecule has 0 saturated heterocycles. The summed E-state index contributed by atoms with van der Waals surface area (Å²) in [5.74, 6) is 0.458. The van der Waals surface area contributed by atoms with Gasteiger partial charge in [-0.1, -0.05) is 72.4 Å². The van der Waals surface area contributed by atoms with Crippen LogP contribution in [0.4, 0.5) is 0 Å². The van der Waals surface area contributed by atoms with Gasteiger partial charge in [-0.2, -0.15) is 0 Å². The first-order valence-electron chi connectivity index (χ1n) is 10.6. The van der Waals surface area contributed by atoms with E-state index in [1.807, 2.05) is 36.4 Å². The topological polar surface area (TPSA) is 55.7 Å². The molecule has 0 radical (unpaired) electrons. The Morgan fingerprint density at radius 3 is 2.50 bits per heavy atom. The van der Waals surface area contributed by atoms with Crippen LogP contribution in [0.15, 0.2) is 72.0 Å². The summed E-state index contributed by atoms with van der Waals surface area (Å²) < 4.78 is 1.03. The average molecular weight is 454 g/mol. The Morgan fingerprint density at radius 1 is 0.938 bits per heavy atom. The van der Waals surface area contributed by atoms with E-state index in [4.69, 9.17) is 4.98 Å². The van der Waals surface area contributed by atoms with Crippen LogP contribution in [-0.2, 0) is 12.8 Å². The van der Waals surface area contributed by atoms with Gasteiger partial charge >= 0.3 is 0 Å². The number of hydrogen-bond donors (Lipinski definition) is 0. The number of nitrogens with zero attached hydrogens (tertiary/aromatic N) is 3. The van der Waals surface area contributed by atoms with Crippen LogP contribution in [0.2, 0.25) is 0 Å². The minimum atomic E-state index is 0.105. The highest BCUT2D eigenvalue weighted by Crippen LogP contribution is 2.43. The highest BCUT2D eigenvalue weighted by atomic mass is 32.2. The van der Waals surface area contributed by atoms with E-state index in [1.165, 1.54) is 33.8 Å². The Morgan fingerprint density at radius 2 is 1.69 bits per heavy atom. The standard InChI is InChI=1S/C26H19N3OS2/c30-20(16-8-3-1-4-9-16)14-31-26-24-23(27-15-28-26)21-18-12-7-13-19(18)22(29-25(21)32-24)17-10-5-2-6-11-17/h1-6,8-11,15H,7,12-14H2. The summed E-state index contributed by atoms with van der Waals surface area (Å²) >= 11 is 3.13. The second kappa shape index (κ2) is 8.11. The van der Waals surface area contributed by atoms with Gasteiger partial charge in [0.15, 0.2) is 5.78 Å². The number of thiophene rings is 1. The minimum absolute atomic E-state index is 0.105. The first-order chi connectivity index (χ1) is 15.8. The van der Waals surface area contributed by atoms with Crippen molar-refractivity contribution in [3.05, 3.63) is 83.7 Å². The molecule has 0 unspecified atom stereocenters. The van der Waals surface area contributed by atoms with Crippen molar-refractivity contribution in [1.29, 1.82) is 0 Å². The van der Waals surface area contributed by atoms with Gasteiger partial charge in [0.25, 0.3) is 0 Å². The lowest BCUT2D eigenvalue weighted by Gasteiger charge is -2.09. The molecule has 0 aliphatic heterocycles. The molecule has 0 N–H and O–H groups in total. The maximum absolute atomic E-state index is 12.6. The quantitative estimate of drug-likeness (QED) is 0.176. The van der Waals surface area contributed by atoms with Crippen LogP contribution in [0.1, 0.15) is 27.9 Å². The van der Waals surface area contributed by atoms with Gasteiger partial charge in [0.2, 0.25) is 0 Å². The molecular formula is C26H19N3OS2. The molecule has 5 aromatic rings. The van der Waals surface area contributed by atoms with E-state index < -0.39 is 0 Å². The number of aromatic nitrogens is 3. The van der Waals surface area contributed by atoms with Crippen molar-refractivity contribution in [2.75, 3.05) is 5.75 Å². The van der Waals surface area contributed by atoms with E-state index in [-0.39, 0.29) is 5.78 Å². The fraction of sp³-hybridized carbons (Fsp3) is 0.154. The van der Waals surface area contributed by atoms with E-state index in [2.05, 4.69) is 34.2 Å². The number of thioether (sulfide) groups is 1. The van der Waals surface area contributed by atoms with Crippen LogP contribution < -0.4 is 0 Å². The first-order valence-corrected chi connectivity index (χ1v) is 12.5. The number of carbonyl (C=O) groups excluding carboxylic acids is 1. The summed E-state index contributed by atoms with van der Waals surface area (Å²) in [7, 11) is 0. The lowest BCUT2D eigenvalue weighted by atomic mass is 10.0. The van der Waals surface area contributed by atoms with Gasteiger partial charge in [-0.3, -0.25) is 4.79 Å². The van der Waals surface area contributed by atoms with Gasteiger partial charge in [-0.25, -0.2) is 15.0 Å². The Hall–Kier alpha value is -3.09. The predicted octanol–water partition coefficient (Wildman–Crippen LogP) is 6.37. The molecule has 0 amide bonds. The SMILES string of the molecule is O=C(CSc1ncnc2c1sc1nc(-c3ccccc3)c3c(c12)CCC3)c1ccccc1. The molecule has 0 bridgehead atoms. The van der Waals surface area contributed by atoms with Gasteiger partial charge < -0.3 is 0 Å². The van der Waals surface area contributed by atoms with Crippen LogP contribution >= 0.6 is 23.1 Å². The number of hydrogen-bond acceptors (Lipinski definition) is 6. The molecule has 0 fully saturated rings. The number of aryl methyl sites for hydroxylation is 1. The van der Waals surface area contributed by atoms with Crippen molar-refractivity contribution in [3.8, 4) is 11.3 Å². The zero-order chi connectivity index (χ0) is 21.5. The third-order valence-electron chi connectivity index (χ3n) is 5.92. The number of carbonyl (C=O) groups is 1. The maximum atomic E-state index is 12.6. The number of Topliss-reactive ketones (excluding diaryl/α,β-unsaturated/α-hetero) is 1. The fourth-order valence-corrected chi connectivity index (χ4v) is 6.59. The predicted molar refractivity (Wildman–Crippen MR) is 132 cm³/mol. The smallest absolute Gasteiger partial charge is 0.173 e. The monoisotopic (exact) mass is 453 g/mol. The number of rotatable bonds is 5. The summed E-state index contributed by atoms with van der Waals surface area (Å²) in [4.78, 5) is 27.9. The maximum Gasteiger partial charge on any atom is 0.173 e. The Bertz CT molecular complexity index is 1460. The van der Waals surface area contributed by atoms with Crippen LogP contribution in [0.5, 0.6) is 0 Å². The zero-order valence-corrected chi connectivity index (χ0v) is 18.9. The van der Waals surface area contributed by atoms with E-state index >= 15 is 0 Å². The number of benzene rings is 2. The number of fused-ring (bicyclic) bond motifs is 5. The lowest BCUT2D eigenvalue weighted by Crippen LogP contribution is -2.02. The first kappa shape index (κ1) is 19.6. The van der Waals surface area contributed by atoms with Crippen molar-refractivity contribution in [1.82, 2.24) is 15.0 Å². The number of ketones is 1. The van der Waals surface area contributed by atoms with Crippen LogP contribution in [0, 0.1) is 0 Å². The van der Waals surface area contributed by atoms with Crippen LogP contribution in [-0.4, -0.2) is 26.5 Å². The van der Waals surface area contributed by atoms with Gasteiger partial charge in [0.1, 0.15) is 16.2 Å². The molecule has 1 aliphatic carbocycles. The van der Waals surface area contributed by atoms with Gasteiger partial charge in [-0.05, 0) is 30.4 Å². The van der Waals surface area contributed by atoms with Crippen molar-refractivity contribution < 1.29 is 4.79 Å². The minimum Gasteiger partial charge on any atom is -0.293 e. The van der Waals surface area contributed by atoms with E-state index in [0.717, 1.165) is 50.6 Å². The van der Waals surface area contributed by atoms with Crippen molar-refractivity contribution in [2.45, 2.75) is 24.3 Å². The molecule has 156 valence electrons. The van der Waals surface area contributed by atoms with E-state index in [9.17, 15) is 4.79 Å². The molecule has 6 rings (SSSR count). The normalized spacial score (nSPS) is 13.0.